The van der Waals surface area contributed by atoms with Crippen molar-refractivity contribution in [2.24, 2.45) is 0 Å². The molecule has 0 saturated heterocycles. The number of ether oxygens (including phenoxy) is 1. The van der Waals surface area contributed by atoms with Crippen LogP contribution in [0.2, 0.25) is 0 Å². The smallest absolute Gasteiger partial charge is 0.151 e. The molecule has 0 radical (unpaired) electrons. The summed E-state index contributed by atoms with van der Waals surface area (Å²) in [7, 11) is -2.85. The molecule has 0 aliphatic carbocycles. The Morgan fingerprint density at radius 1 is 1.27 bits per heavy atom. The Morgan fingerprint density at radius 2 is 1.93 bits per heavy atom. The molecule has 0 amide bonds. The second kappa shape index (κ2) is 8.07. The number of nitrogens with one attached hydrogen (secondary N) is 1. The SMILES string of the molecule is CCCS(=O)(=O)CCNCC(C)OCC. The number of sulfone groups is 1. The van der Waals surface area contributed by atoms with Crippen molar-refractivity contribution in [3.63, 3.8) is 0 Å². The van der Waals surface area contributed by atoms with Crippen molar-refractivity contribution in [2.45, 2.75) is 33.3 Å². The number of rotatable bonds is 9. The minimum atomic E-state index is -2.85. The highest BCUT2D eigenvalue weighted by Gasteiger charge is 2.08. The molecule has 92 valence electrons. The summed E-state index contributed by atoms with van der Waals surface area (Å²) in [6.45, 7) is 7.70. The van der Waals surface area contributed by atoms with Crippen molar-refractivity contribution in [2.75, 3.05) is 31.2 Å². The Labute approximate surface area is 93.3 Å². The van der Waals surface area contributed by atoms with E-state index < -0.39 is 9.84 Å². The Hall–Kier alpha value is -0.130. The predicted octanol–water partition coefficient (Wildman–Crippen LogP) is 0.826. The Bertz CT molecular complexity index is 239. The van der Waals surface area contributed by atoms with Crippen LogP contribution in [0.1, 0.15) is 27.2 Å². The van der Waals surface area contributed by atoms with Crippen LogP contribution in [-0.2, 0) is 14.6 Å². The summed E-state index contributed by atoms with van der Waals surface area (Å²) in [6, 6.07) is 0. The van der Waals surface area contributed by atoms with Crippen LogP contribution in [0.15, 0.2) is 0 Å². The molecular formula is C10H23NO3S. The first-order valence-electron chi connectivity index (χ1n) is 5.54. The van der Waals surface area contributed by atoms with Gasteiger partial charge in [0.2, 0.25) is 0 Å². The molecule has 0 aromatic carbocycles. The van der Waals surface area contributed by atoms with Crippen molar-refractivity contribution in [1.29, 1.82) is 0 Å². The van der Waals surface area contributed by atoms with E-state index in [4.69, 9.17) is 4.74 Å². The molecule has 0 aromatic heterocycles. The summed E-state index contributed by atoms with van der Waals surface area (Å²) in [4.78, 5) is 0. The van der Waals surface area contributed by atoms with E-state index in [0.717, 1.165) is 0 Å². The van der Waals surface area contributed by atoms with E-state index in [1.54, 1.807) is 0 Å². The minimum Gasteiger partial charge on any atom is -0.377 e. The van der Waals surface area contributed by atoms with Crippen molar-refractivity contribution in [1.82, 2.24) is 5.32 Å². The van der Waals surface area contributed by atoms with E-state index in [2.05, 4.69) is 5.32 Å². The maximum atomic E-state index is 11.3. The molecular weight excluding hydrogens is 214 g/mol. The highest BCUT2D eigenvalue weighted by molar-refractivity contribution is 7.91. The second-order valence-electron chi connectivity index (χ2n) is 3.62. The summed E-state index contributed by atoms with van der Waals surface area (Å²) in [5.41, 5.74) is 0. The van der Waals surface area contributed by atoms with Crippen LogP contribution in [0.4, 0.5) is 0 Å². The molecule has 0 rings (SSSR count). The molecule has 0 aromatic rings. The van der Waals surface area contributed by atoms with Crippen LogP contribution in [0.25, 0.3) is 0 Å². The lowest BCUT2D eigenvalue weighted by Gasteiger charge is -2.12. The zero-order valence-electron chi connectivity index (χ0n) is 9.95. The first-order chi connectivity index (χ1) is 7.02. The largest absolute Gasteiger partial charge is 0.377 e. The zero-order valence-corrected chi connectivity index (χ0v) is 10.8. The van der Waals surface area contributed by atoms with Crippen LogP contribution in [0.3, 0.4) is 0 Å². The molecule has 1 N–H and O–H groups in total. The van der Waals surface area contributed by atoms with Crippen LogP contribution in [-0.4, -0.2) is 45.7 Å². The van der Waals surface area contributed by atoms with Crippen LogP contribution in [0.5, 0.6) is 0 Å². The molecule has 0 saturated carbocycles. The average molecular weight is 237 g/mol. The highest BCUT2D eigenvalue weighted by atomic mass is 32.2. The summed E-state index contributed by atoms with van der Waals surface area (Å²) in [5, 5.41) is 3.08. The fraction of sp³-hybridized carbons (Fsp3) is 1.00. The Balaban J connectivity index is 3.54. The summed E-state index contributed by atoms with van der Waals surface area (Å²) < 4.78 is 28.0. The van der Waals surface area contributed by atoms with E-state index in [9.17, 15) is 8.42 Å². The van der Waals surface area contributed by atoms with E-state index in [-0.39, 0.29) is 17.6 Å². The first kappa shape index (κ1) is 14.9. The molecule has 4 nitrogen and oxygen atoms in total. The third-order valence-corrected chi connectivity index (χ3v) is 3.84. The third-order valence-electron chi connectivity index (χ3n) is 1.99. The number of hydrogen-bond donors (Lipinski definition) is 1. The fourth-order valence-corrected chi connectivity index (χ4v) is 2.57. The van der Waals surface area contributed by atoms with E-state index in [1.165, 1.54) is 0 Å². The molecule has 0 fully saturated rings. The maximum Gasteiger partial charge on any atom is 0.151 e. The van der Waals surface area contributed by atoms with Crippen LogP contribution in [0, 0.1) is 0 Å². The van der Waals surface area contributed by atoms with Gasteiger partial charge in [0.25, 0.3) is 0 Å². The zero-order chi connectivity index (χ0) is 11.7. The Kier molecular flexibility index (Phi) is 8.00. The van der Waals surface area contributed by atoms with E-state index >= 15 is 0 Å². The van der Waals surface area contributed by atoms with Gasteiger partial charge in [-0.3, -0.25) is 0 Å². The van der Waals surface area contributed by atoms with Gasteiger partial charge in [0, 0.05) is 25.4 Å². The maximum absolute atomic E-state index is 11.3. The van der Waals surface area contributed by atoms with Crippen LogP contribution >= 0.6 is 0 Å². The molecule has 0 aliphatic heterocycles. The lowest BCUT2D eigenvalue weighted by atomic mass is 10.4. The lowest BCUT2D eigenvalue weighted by Crippen LogP contribution is -2.31. The van der Waals surface area contributed by atoms with Crippen molar-refractivity contribution >= 4 is 9.84 Å². The van der Waals surface area contributed by atoms with Gasteiger partial charge in [-0.1, -0.05) is 6.92 Å². The van der Waals surface area contributed by atoms with Crippen molar-refractivity contribution in [3.8, 4) is 0 Å². The average Bonchev–Trinajstić information content (AvgIpc) is 2.13. The van der Waals surface area contributed by atoms with E-state index in [0.29, 0.717) is 26.1 Å². The molecule has 0 aliphatic rings. The van der Waals surface area contributed by atoms with Gasteiger partial charge >= 0.3 is 0 Å². The molecule has 0 bridgehead atoms. The van der Waals surface area contributed by atoms with Gasteiger partial charge < -0.3 is 10.1 Å². The van der Waals surface area contributed by atoms with Crippen molar-refractivity contribution in [3.05, 3.63) is 0 Å². The van der Waals surface area contributed by atoms with Crippen molar-refractivity contribution < 1.29 is 13.2 Å². The highest BCUT2D eigenvalue weighted by Crippen LogP contribution is 1.92. The molecule has 1 unspecified atom stereocenters. The minimum absolute atomic E-state index is 0.142. The molecule has 1 atom stereocenters. The fourth-order valence-electron chi connectivity index (χ4n) is 1.29. The van der Waals surface area contributed by atoms with Crippen LogP contribution < -0.4 is 5.32 Å². The van der Waals surface area contributed by atoms with Gasteiger partial charge in [-0.15, -0.1) is 0 Å². The third kappa shape index (κ3) is 8.84. The van der Waals surface area contributed by atoms with Gasteiger partial charge in [0.1, 0.15) is 0 Å². The second-order valence-corrected chi connectivity index (χ2v) is 5.93. The van der Waals surface area contributed by atoms with E-state index in [1.807, 2.05) is 20.8 Å². The topological polar surface area (TPSA) is 55.4 Å². The standard InChI is InChI=1S/C10H23NO3S/c1-4-7-15(12,13)8-6-11-9-10(3)14-5-2/h10-11H,4-9H2,1-3H3. The first-order valence-corrected chi connectivity index (χ1v) is 7.36. The summed E-state index contributed by atoms with van der Waals surface area (Å²) in [5.74, 6) is 0.509. The summed E-state index contributed by atoms with van der Waals surface area (Å²) in [6.07, 6.45) is 0.835. The van der Waals surface area contributed by atoms with Gasteiger partial charge in [0.15, 0.2) is 9.84 Å². The lowest BCUT2D eigenvalue weighted by molar-refractivity contribution is 0.0766. The summed E-state index contributed by atoms with van der Waals surface area (Å²) >= 11 is 0. The van der Waals surface area contributed by atoms with Gasteiger partial charge in [-0.25, -0.2) is 8.42 Å². The predicted molar refractivity (Wildman–Crippen MR) is 62.9 cm³/mol. The molecule has 5 heteroatoms. The Morgan fingerprint density at radius 3 is 2.47 bits per heavy atom. The molecule has 0 heterocycles. The van der Waals surface area contributed by atoms with Gasteiger partial charge in [0.05, 0.1) is 11.9 Å². The quantitative estimate of drug-likeness (QED) is 0.603. The monoisotopic (exact) mass is 237 g/mol. The van der Waals surface area contributed by atoms with Gasteiger partial charge in [-0.2, -0.15) is 0 Å². The normalized spacial score (nSPS) is 14.1. The van der Waals surface area contributed by atoms with Gasteiger partial charge in [-0.05, 0) is 20.3 Å². The molecule has 0 spiro atoms. The number of hydrogen-bond acceptors (Lipinski definition) is 4. The molecule has 15 heavy (non-hydrogen) atoms.